The average molecular weight is 153 g/mol. The van der Waals surface area contributed by atoms with E-state index >= 15 is 0 Å². The van der Waals surface area contributed by atoms with Gasteiger partial charge in [0.25, 0.3) is 0 Å². The highest BCUT2D eigenvalue weighted by molar-refractivity contribution is 5.83. The zero-order valence-electron chi connectivity index (χ0n) is 5.77. The maximum absolute atomic E-state index is 10.5. The first-order valence-corrected chi connectivity index (χ1v) is 3.42. The SMILES string of the molecule is O=C(O)c1nncn1C1CC1. The molecule has 0 saturated heterocycles. The van der Waals surface area contributed by atoms with Crippen molar-refractivity contribution < 1.29 is 9.90 Å². The highest BCUT2D eigenvalue weighted by Crippen LogP contribution is 2.35. The quantitative estimate of drug-likeness (QED) is 0.664. The van der Waals surface area contributed by atoms with Gasteiger partial charge in [-0.2, -0.15) is 0 Å². The first-order chi connectivity index (χ1) is 5.29. The highest BCUT2D eigenvalue weighted by Gasteiger charge is 2.28. The molecule has 1 saturated carbocycles. The summed E-state index contributed by atoms with van der Waals surface area (Å²) in [7, 11) is 0. The summed E-state index contributed by atoms with van der Waals surface area (Å²) in [6.45, 7) is 0. The molecule has 11 heavy (non-hydrogen) atoms. The number of nitrogens with zero attached hydrogens (tertiary/aromatic N) is 3. The van der Waals surface area contributed by atoms with Crippen molar-refractivity contribution in [3.05, 3.63) is 12.2 Å². The normalized spacial score (nSPS) is 16.7. The molecule has 0 aromatic carbocycles. The maximum atomic E-state index is 10.5. The zero-order valence-corrected chi connectivity index (χ0v) is 5.77. The summed E-state index contributed by atoms with van der Waals surface area (Å²) in [5.41, 5.74) is 0. The van der Waals surface area contributed by atoms with Crippen LogP contribution in [0.2, 0.25) is 0 Å². The molecule has 0 atom stereocenters. The van der Waals surface area contributed by atoms with Gasteiger partial charge in [-0.15, -0.1) is 10.2 Å². The predicted molar refractivity (Wildman–Crippen MR) is 35.3 cm³/mol. The molecule has 2 rings (SSSR count). The van der Waals surface area contributed by atoms with Crippen LogP contribution < -0.4 is 0 Å². The van der Waals surface area contributed by atoms with E-state index in [1.165, 1.54) is 6.33 Å². The van der Waals surface area contributed by atoms with E-state index in [-0.39, 0.29) is 5.82 Å². The van der Waals surface area contributed by atoms with Crippen molar-refractivity contribution in [1.29, 1.82) is 0 Å². The average Bonchev–Trinajstić information content (AvgIpc) is 2.68. The maximum Gasteiger partial charge on any atom is 0.374 e. The number of aromatic carboxylic acids is 1. The lowest BCUT2D eigenvalue weighted by Gasteiger charge is -1.97. The molecule has 0 radical (unpaired) electrons. The first-order valence-electron chi connectivity index (χ1n) is 3.42. The van der Waals surface area contributed by atoms with Crippen molar-refractivity contribution in [2.45, 2.75) is 18.9 Å². The van der Waals surface area contributed by atoms with Crippen LogP contribution in [0.5, 0.6) is 0 Å². The summed E-state index contributed by atoms with van der Waals surface area (Å²) in [6, 6.07) is 0.330. The van der Waals surface area contributed by atoms with Crippen LogP contribution in [0.1, 0.15) is 29.5 Å². The van der Waals surface area contributed by atoms with Gasteiger partial charge < -0.3 is 9.67 Å². The molecular formula is C6H7N3O2. The van der Waals surface area contributed by atoms with Crippen LogP contribution in [0.15, 0.2) is 6.33 Å². The van der Waals surface area contributed by atoms with Gasteiger partial charge in [0.1, 0.15) is 6.33 Å². The van der Waals surface area contributed by atoms with Crippen LogP contribution in [-0.4, -0.2) is 25.8 Å². The van der Waals surface area contributed by atoms with E-state index in [0.717, 1.165) is 12.8 Å². The van der Waals surface area contributed by atoms with E-state index in [0.29, 0.717) is 6.04 Å². The van der Waals surface area contributed by atoms with Gasteiger partial charge in [0, 0.05) is 6.04 Å². The number of carbonyl (C=O) groups is 1. The van der Waals surface area contributed by atoms with Gasteiger partial charge in [0.2, 0.25) is 5.82 Å². The van der Waals surface area contributed by atoms with Crippen molar-refractivity contribution in [3.8, 4) is 0 Å². The standard InChI is InChI=1S/C6H7N3O2/c10-6(11)5-8-7-3-9(5)4-1-2-4/h3-4H,1-2H2,(H,10,11). The monoisotopic (exact) mass is 153 g/mol. The summed E-state index contributed by atoms with van der Waals surface area (Å²) < 4.78 is 1.61. The minimum absolute atomic E-state index is 0.0486. The van der Waals surface area contributed by atoms with Crippen molar-refractivity contribution in [2.75, 3.05) is 0 Å². The van der Waals surface area contributed by atoms with Crippen LogP contribution in [0.3, 0.4) is 0 Å². The molecule has 1 aromatic rings. The third-order valence-electron chi connectivity index (χ3n) is 1.70. The molecule has 1 aliphatic carbocycles. The predicted octanol–water partition coefficient (Wildman–Crippen LogP) is 0.311. The first kappa shape index (κ1) is 6.33. The second-order valence-corrected chi connectivity index (χ2v) is 2.60. The highest BCUT2D eigenvalue weighted by atomic mass is 16.4. The van der Waals surface area contributed by atoms with Gasteiger partial charge in [0.05, 0.1) is 0 Å². The number of carboxylic acid groups (broad SMARTS) is 1. The second kappa shape index (κ2) is 2.05. The molecule has 0 aliphatic heterocycles. The van der Waals surface area contributed by atoms with Crippen LogP contribution in [0, 0.1) is 0 Å². The molecule has 5 nitrogen and oxygen atoms in total. The van der Waals surface area contributed by atoms with Crippen LogP contribution in [0.4, 0.5) is 0 Å². The van der Waals surface area contributed by atoms with E-state index < -0.39 is 5.97 Å². The Morgan fingerprint density at radius 1 is 1.73 bits per heavy atom. The van der Waals surface area contributed by atoms with Gasteiger partial charge >= 0.3 is 5.97 Å². The summed E-state index contributed by atoms with van der Waals surface area (Å²) in [4.78, 5) is 10.5. The Bertz CT molecular complexity index is 290. The molecule has 0 amide bonds. The number of hydrogen-bond donors (Lipinski definition) is 1. The fraction of sp³-hybridized carbons (Fsp3) is 0.500. The third kappa shape index (κ3) is 0.978. The van der Waals surface area contributed by atoms with Gasteiger partial charge in [-0.3, -0.25) is 0 Å². The van der Waals surface area contributed by atoms with Gasteiger partial charge in [0.15, 0.2) is 0 Å². The Morgan fingerprint density at radius 3 is 3.00 bits per heavy atom. The van der Waals surface area contributed by atoms with Crippen molar-refractivity contribution in [2.24, 2.45) is 0 Å². The van der Waals surface area contributed by atoms with Crippen molar-refractivity contribution in [1.82, 2.24) is 14.8 Å². The topological polar surface area (TPSA) is 68.0 Å². The lowest BCUT2D eigenvalue weighted by molar-refractivity contribution is 0.0677. The summed E-state index contributed by atoms with van der Waals surface area (Å²) >= 11 is 0. The summed E-state index contributed by atoms with van der Waals surface area (Å²) in [6.07, 6.45) is 3.55. The molecule has 0 unspecified atom stereocenters. The molecule has 5 heteroatoms. The van der Waals surface area contributed by atoms with E-state index in [1.807, 2.05) is 0 Å². The summed E-state index contributed by atoms with van der Waals surface area (Å²) in [5, 5.41) is 15.6. The van der Waals surface area contributed by atoms with E-state index in [4.69, 9.17) is 5.11 Å². The molecule has 1 fully saturated rings. The zero-order chi connectivity index (χ0) is 7.84. The van der Waals surface area contributed by atoms with Crippen molar-refractivity contribution >= 4 is 5.97 Å². The third-order valence-corrected chi connectivity index (χ3v) is 1.70. The molecule has 1 heterocycles. The smallest absolute Gasteiger partial charge is 0.374 e. The van der Waals surface area contributed by atoms with Crippen LogP contribution in [0.25, 0.3) is 0 Å². The lowest BCUT2D eigenvalue weighted by Crippen LogP contribution is -2.07. The Balaban J connectivity index is 2.37. The second-order valence-electron chi connectivity index (χ2n) is 2.60. The van der Waals surface area contributed by atoms with E-state index in [2.05, 4.69) is 10.2 Å². The minimum atomic E-state index is -1.01. The molecule has 58 valence electrons. The van der Waals surface area contributed by atoms with Gasteiger partial charge in [-0.25, -0.2) is 4.79 Å². The number of carboxylic acids is 1. The Morgan fingerprint density at radius 2 is 2.45 bits per heavy atom. The number of aromatic nitrogens is 3. The Labute approximate surface area is 62.7 Å². The molecular weight excluding hydrogens is 146 g/mol. The Kier molecular flexibility index (Phi) is 1.18. The van der Waals surface area contributed by atoms with E-state index in [9.17, 15) is 4.79 Å². The van der Waals surface area contributed by atoms with E-state index in [1.54, 1.807) is 4.57 Å². The Hall–Kier alpha value is -1.39. The van der Waals surface area contributed by atoms with Crippen molar-refractivity contribution in [3.63, 3.8) is 0 Å². The van der Waals surface area contributed by atoms with Crippen LogP contribution >= 0.6 is 0 Å². The number of rotatable bonds is 2. The number of hydrogen-bond acceptors (Lipinski definition) is 3. The van der Waals surface area contributed by atoms with Crippen LogP contribution in [-0.2, 0) is 0 Å². The summed E-state index contributed by atoms with van der Waals surface area (Å²) in [5.74, 6) is -0.957. The fourth-order valence-electron chi connectivity index (χ4n) is 1.02. The molecule has 1 aromatic heterocycles. The van der Waals surface area contributed by atoms with Gasteiger partial charge in [-0.05, 0) is 12.8 Å². The fourth-order valence-corrected chi connectivity index (χ4v) is 1.02. The lowest BCUT2D eigenvalue weighted by atomic mass is 10.5. The largest absolute Gasteiger partial charge is 0.475 e. The van der Waals surface area contributed by atoms with Gasteiger partial charge in [-0.1, -0.05) is 0 Å². The molecule has 0 spiro atoms. The molecule has 1 N–H and O–H groups in total. The minimum Gasteiger partial charge on any atom is -0.475 e. The molecule has 0 bridgehead atoms. The molecule has 1 aliphatic rings.